The molecule has 0 unspecified atom stereocenters. The Balaban J connectivity index is 2.16. The molecule has 1 fully saturated rings. The second-order valence-electron chi connectivity index (χ2n) is 3.74. The highest BCUT2D eigenvalue weighted by molar-refractivity contribution is 8.15. The van der Waals surface area contributed by atoms with Crippen LogP contribution in [0.2, 0.25) is 0 Å². The van der Waals surface area contributed by atoms with Gasteiger partial charge < -0.3 is 0 Å². The summed E-state index contributed by atoms with van der Waals surface area (Å²) in [4.78, 5) is 0. The van der Waals surface area contributed by atoms with Crippen LogP contribution in [0.15, 0.2) is 0 Å². The lowest BCUT2D eigenvalue weighted by molar-refractivity contribution is 0.589. The summed E-state index contributed by atoms with van der Waals surface area (Å²) < 4.78 is 21.9. The minimum absolute atomic E-state index is 0.413. The van der Waals surface area contributed by atoms with Gasteiger partial charge in [-0.15, -0.1) is 21.5 Å². The number of hydrogen-bond acceptors (Lipinski definition) is 5. The van der Waals surface area contributed by atoms with E-state index in [4.69, 9.17) is 10.7 Å². The minimum atomic E-state index is -3.48. The summed E-state index contributed by atoms with van der Waals surface area (Å²) in [5.41, 5.74) is 0. The Morgan fingerprint density at radius 1 is 1.40 bits per heavy atom. The molecule has 0 atom stereocenters. The van der Waals surface area contributed by atoms with E-state index < -0.39 is 13.8 Å². The largest absolute Gasteiger partial charge is 0.238 e. The highest BCUT2D eigenvalue weighted by Crippen LogP contribution is 2.48. The van der Waals surface area contributed by atoms with Gasteiger partial charge in [0.2, 0.25) is 9.05 Å². The van der Waals surface area contributed by atoms with Crippen LogP contribution in [0.3, 0.4) is 0 Å². The highest BCUT2D eigenvalue weighted by atomic mass is 35.7. The molecule has 4 nitrogen and oxygen atoms in total. The minimum Gasteiger partial charge on any atom is -0.212 e. The molecule has 1 aromatic heterocycles. The van der Waals surface area contributed by atoms with Crippen LogP contribution in [0.25, 0.3) is 0 Å². The van der Waals surface area contributed by atoms with Gasteiger partial charge in [-0.1, -0.05) is 6.92 Å². The molecule has 15 heavy (non-hydrogen) atoms. The van der Waals surface area contributed by atoms with Crippen LogP contribution in [0.1, 0.15) is 29.8 Å². The van der Waals surface area contributed by atoms with Gasteiger partial charge in [-0.25, -0.2) is 8.42 Å². The van der Waals surface area contributed by atoms with Crippen LogP contribution in [0, 0.1) is 0 Å². The third-order valence-electron chi connectivity index (χ3n) is 2.61. The number of halogens is 1. The third-order valence-corrected chi connectivity index (χ3v) is 6.25. The zero-order valence-corrected chi connectivity index (χ0v) is 10.6. The van der Waals surface area contributed by atoms with Gasteiger partial charge in [0, 0.05) is 17.1 Å². The molecule has 0 spiro atoms. The van der Waals surface area contributed by atoms with Crippen molar-refractivity contribution in [2.24, 2.45) is 0 Å². The van der Waals surface area contributed by atoms with Gasteiger partial charge in [-0.05, 0) is 19.3 Å². The molecule has 1 heterocycles. The van der Waals surface area contributed by atoms with E-state index in [0.29, 0.717) is 19.3 Å². The first-order valence-corrected chi connectivity index (χ1v) is 7.85. The third kappa shape index (κ3) is 2.16. The van der Waals surface area contributed by atoms with E-state index in [0.717, 1.165) is 16.4 Å². The molecule has 0 saturated heterocycles. The van der Waals surface area contributed by atoms with Crippen LogP contribution < -0.4 is 0 Å². The predicted molar refractivity (Wildman–Crippen MR) is 59.7 cm³/mol. The van der Waals surface area contributed by atoms with Crippen molar-refractivity contribution in [3.63, 3.8) is 0 Å². The van der Waals surface area contributed by atoms with Crippen molar-refractivity contribution in [2.45, 2.75) is 37.4 Å². The molecule has 2 rings (SSSR count). The first-order valence-electron chi connectivity index (χ1n) is 4.72. The fourth-order valence-corrected chi connectivity index (χ4v) is 3.97. The molecule has 1 aliphatic carbocycles. The lowest BCUT2D eigenvalue weighted by atomic mass is 10.3. The molecule has 84 valence electrons. The van der Waals surface area contributed by atoms with Crippen molar-refractivity contribution < 1.29 is 8.42 Å². The number of nitrogens with zero attached hydrogens (tertiary/aromatic N) is 2. The van der Waals surface area contributed by atoms with Crippen molar-refractivity contribution in [1.29, 1.82) is 0 Å². The van der Waals surface area contributed by atoms with Crippen LogP contribution in [-0.2, 0) is 21.9 Å². The Bertz CT molecular complexity index is 465. The van der Waals surface area contributed by atoms with Crippen molar-refractivity contribution in [1.82, 2.24) is 10.2 Å². The van der Waals surface area contributed by atoms with Gasteiger partial charge in [0.25, 0.3) is 0 Å². The van der Waals surface area contributed by atoms with Crippen LogP contribution in [0.5, 0.6) is 0 Å². The second-order valence-corrected chi connectivity index (χ2v) is 7.85. The quantitative estimate of drug-likeness (QED) is 0.779. The Hall–Kier alpha value is -0.200. The lowest BCUT2D eigenvalue weighted by Gasteiger charge is -2.07. The molecule has 1 aliphatic rings. The number of aryl methyl sites for hydroxylation is 1. The molecule has 0 bridgehead atoms. The normalized spacial score (nSPS) is 19.1. The van der Waals surface area contributed by atoms with Gasteiger partial charge >= 0.3 is 0 Å². The molecule has 0 radical (unpaired) electrons. The highest BCUT2D eigenvalue weighted by Gasteiger charge is 2.54. The first-order chi connectivity index (χ1) is 6.97. The molecule has 0 aromatic carbocycles. The lowest BCUT2D eigenvalue weighted by Crippen LogP contribution is -2.20. The van der Waals surface area contributed by atoms with Gasteiger partial charge in [0.05, 0.1) is 4.75 Å². The SMILES string of the molecule is CCc1nnc(CC2(S(=O)(=O)Cl)CC2)s1. The Morgan fingerprint density at radius 3 is 2.40 bits per heavy atom. The van der Waals surface area contributed by atoms with Crippen LogP contribution >= 0.6 is 22.0 Å². The zero-order valence-electron chi connectivity index (χ0n) is 8.23. The van der Waals surface area contributed by atoms with Gasteiger partial charge in [0.1, 0.15) is 10.0 Å². The summed E-state index contributed by atoms with van der Waals surface area (Å²) in [6, 6.07) is 0. The van der Waals surface area contributed by atoms with E-state index in [2.05, 4.69) is 10.2 Å². The predicted octanol–water partition coefficient (Wildman–Crippen LogP) is 1.74. The summed E-state index contributed by atoms with van der Waals surface area (Å²) in [5, 5.41) is 9.64. The van der Waals surface area contributed by atoms with E-state index in [9.17, 15) is 8.42 Å². The summed E-state index contributed by atoms with van der Waals surface area (Å²) >= 11 is 1.47. The van der Waals surface area contributed by atoms with E-state index in [1.165, 1.54) is 11.3 Å². The summed E-state index contributed by atoms with van der Waals surface area (Å²) in [7, 11) is 1.93. The summed E-state index contributed by atoms with van der Waals surface area (Å²) in [5.74, 6) is 0. The maximum atomic E-state index is 11.3. The monoisotopic (exact) mass is 266 g/mol. The van der Waals surface area contributed by atoms with Crippen molar-refractivity contribution in [2.75, 3.05) is 0 Å². The van der Waals surface area contributed by atoms with Crippen LogP contribution in [-0.4, -0.2) is 23.4 Å². The fraction of sp³-hybridized carbons (Fsp3) is 0.750. The smallest absolute Gasteiger partial charge is 0.212 e. The van der Waals surface area contributed by atoms with Crippen molar-refractivity contribution in [3.8, 4) is 0 Å². The molecule has 0 aliphatic heterocycles. The number of hydrogen-bond donors (Lipinski definition) is 0. The van der Waals surface area contributed by atoms with E-state index >= 15 is 0 Å². The van der Waals surface area contributed by atoms with Gasteiger partial charge in [0.15, 0.2) is 0 Å². The average molecular weight is 267 g/mol. The standard InChI is InChI=1S/C8H11ClN2O2S2/c1-2-6-10-11-7(14-6)5-8(3-4-8)15(9,12)13/h2-5H2,1H3. The average Bonchev–Trinajstić information content (AvgIpc) is 2.78. The topological polar surface area (TPSA) is 59.9 Å². The number of rotatable bonds is 4. The molecule has 1 aromatic rings. The molecular formula is C8H11ClN2O2S2. The Kier molecular flexibility index (Phi) is 2.77. The van der Waals surface area contributed by atoms with E-state index in [1.807, 2.05) is 6.92 Å². The van der Waals surface area contributed by atoms with Gasteiger partial charge in [-0.2, -0.15) is 0 Å². The molecule has 1 saturated carbocycles. The van der Waals surface area contributed by atoms with Crippen molar-refractivity contribution in [3.05, 3.63) is 10.0 Å². The van der Waals surface area contributed by atoms with E-state index in [-0.39, 0.29) is 0 Å². The number of aromatic nitrogens is 2. The second kappa shape index (κ2) is 3.68. The maximum absolute atomic E-state index is 11.3. The molecule has 7 heteroatoms. The molecular weight excluding hydrogens is 256 g/mol. The van der Waals surface area contributed by atoms with Crippen LogP contribution in [0.4, 0.5) is 0 Å². The summed E-state index contributed by atoms with van der Waals surface area (Å²) in [6.07, 6.45) is 2.52. The van der Waals surface area contributed by atoms with Crippen molar-refractivity contribution >= 4 is 31.1 Å². The molecule has 0 N–H and O–H groups in total. The molecule has 0 amide bonds. The van der Waals surface area contributed by atoms with E-state index in [1.54, 1.807) is 0 Å². The maximum Gasteiger partial charge on any atom is 0.238 e. The van der Waals surface area contributed by atoms with Gasteiger partial charge in [-0.3, -0.25) is 0 Å². The first kappa shape index (κ1) is 11.3. The fourth-order valence-electron chi connectivity index (χ4n) is 1.42. The Morgan fingerprint density at radius 2 is 2.00 bits per heavy atom. The summed E-state index contributed by atoms with van der Waals surface area (Å²) in [6.45, 7) is 2.00. The zero-order chi connectivity index (χ0) is 11.1. The Labute approximate surface area is 97.1 Å².